The van der Waals surface area contributed by atoms with Crippen molar-refractivity contribution in [3.8, 4) is 0 Å². The largest absolute Gasteiger partial charge is 0.351 e. The first-order chi connectivity index (χ1) is 10.3. The first-order valence-corrected chi connectivity index (χ1v) is 7.98. The van der Waals surface area contributed by atoms with Crippen LogP contribution in [0.1, 0.15) is 52.9 Å². The van der Waals surface area contributed by atoms with E-state index < -0.39 is 5.41 Å². The molecule has 2 N–H and O–H groups in total. The zero-order valence-corrected chi connectivity index (χ0v) is 13.7. The second-order valence-corrected chi connectivity index (χ2v) is 7.28. The lowest BCUT2D eigenvalue weighted by atomic mass is 9.81. The SMILES string of the molecule is CC(C)(C)NC(=O)CC1(C(=O)Nc2ccccc2)CCCC1. The molecule has 1 saturated carbocycles. The van der Waals surface area contributed by atoms with Crippen molar-refractivity contribution in [2.45, 2.75) is 58.4 Å². The van der Waals surface area contributed by atoms with E-state index in [-0.39, 0.29) is 23.8 Å². The molecule has 0 spiro atoms. The molecule has 0 bridgehead atoms. The van der Waals surface area contributed by atoms with Gasteiger partial charge in [0, 0.05) is 17.6 Å². The second-order valence-electron chi connectivity index (χ2n) is 7.28. The first kappa shape index (κ1) is 16.5. The molecule has 22 heavy (non-hydrogen) atoms. The normalized spacial score (nSPS) is 17.0. The van der Waals surface area contributed by atoms with Gasteiger partial charge in [-0.05, 0) is 45.7 Å². The molecule has 2 amide bonds. The number of benzene rings is 1. The van der Waals surface area contributed by atoms with Crippen LogP contribution >= 0.6 is 0 Å². The van der Waals surface area contributed by atoms with E-state index in [1.165, 1.54) is 0 Å². The number of anilines is 1. The fourth-order valence-corrected chi connectivity index (χ4v) is 3.09. The molecule has 0 aromatic heterocycles. The van der Waals surface area contributed by atoms with Gasteiger partial charge in [-0.1, -0.05) is 31.0 Å². The molecule has 1 aliphatic carbocycles. The van der Waals surface area contributed by atoms with Crippen LogP contribution in [-0.4, -0.2) is 17.4 Å². The van der Waals surface area contributed by atoms with Crippen molar-refractivity contribution in [1.82, 2.24) is 5.32 Å². The lowest BCUT2D eigenvalue weighted by molar-refractivity contribution is -0.133. The minimum atomic E-state index is -0.564. The van der Waals surface area contributed by atoms with Gasteiger partial charge in [0.15, 0.2) is 0 Å². The van der Waals surface area contributed by atoms with Crippen molar-refractivity contribution in [2.75, 3.05) is 5.32 Å². The number of rotatable bonds is 4. The Bertz CT molecular complexity index is 526. The Kier molecular flexibility index (Phi) is 4.89. The van der Waals surface area contributed by atoms with Gasteiger partial charge in [0.2, 0.25) is 11.8 Å². The summed E-state index contributed by atoms with van der Waals surface area (Å²) in [4.78, 5) is 25.0. The van der Waals surface area contributed by atoms with Crippen molar-refractivity contribution in [2.24, 2.45) is 5.41 Å². The minimum Gasteiger partial charge on any atom is -0.351 e. The Labute approximate surface area is 132 Å². The number of amides is 2. The molecule has 4 nitrogen and oxygen atoms in total. The topological polar surface area (TPSA) is 58.2 Å². The van der Waals surface area contributed by atoms with E-state index in [9.17, 15) is 9.59 Å². The third-order valence-corrected chi connectivity index (χ3v) is 4.09. The highest BCUT2D eigenvalue weighted by Crippen LogP contribution is 2.42. The Hall–Kier alpha value is -1.84. The van der Waals surface area contributed by atoms with Crippen molar-refractivity contribution >= 4 is 17.5 Å². The van der Waals surface area contributed by atoms with Gasteiger partial charge in [0.1, 0.15) is 0 Å². The Balaban J connectivity index is 2.07. The maximum absolute atomic E-state index is 12.7. The predicted molar refractivity (Wildman–Crippen MR) is 88.5 cm³/mol. The van der Waals surface area contributed by atoms with E-state index in [2.05, 4.69) is 10.6 Å². The maximum Gasteiger partial charge on any atom is 0.231 e. The van der Waals surface area contributed by atoms with Crippen molar-refractivity contribution in [3.05, 3.63) is 30.3 Å². The number of para-hydroxylation sites is 1. The summed E-state index contributed by atoms with van der Waals surface area (Å²) in [6, 6.07) is 9.44. The molecule has 0 heterocycles. The van der Waals surface area contributed by atoms with Gasteiger partial charge in [-0.3, -0.25) is 9.59 Å². The van der Waals surface area contributed by atoms with Crippen LogP contribution in [0.25, 0.3) is 0 Å². The molecule has 0 atom stereocenters. The van der Waals surface area contributed by atoms with E-state index in [4.69, 9.17) is 0 Å². The number of hydrogen-bond acceptors (Lipinski definition) is 2. The summed E-state index contributed by atoms with van der Waals surface area (Å²) in [5.41, 5.74) is -0.0483. The van der Waals surface area contributed by atoms with E-state index in [0.717, 1.165) is 31.4 Å². The van der Waals surface area contributed by atoms with Gasteiger partial charge >= 0.3 is 0 Å². The van der Waals surface area contributed by atoms with Gasteiger partial charge < -0.3 is 10.6 Å². The molecule has 0 saturated heterocycles. The number of nitrogens with one attached hydrogen (secondary N) is 2. The number of hydrogen-bond donors (Lipinski definition) is 2. The molecule has 4 heteroatoms. The molecule has 0 aliphatic heterocycles. The van der Waals surface area contributed by atoms with Gasteiger partial charge in [0.25, 0.3) is 0 Å². The molecule has 1 aliphatic rings. The summed E-state index contributed by atoms with van der Waals surface area (Å²) in [6.45, 7) is 5.86. The average molecular weight is 302 g/mol. The zero-order valence-electron chi connectivity index (χ0n) is 13.7. The summed E-state index contributed by atoms with van der Waals surface area (Å²) >= 11 is 0. The number of carbonyl (C=O) groups excluding carboxylic acids is 2. The summed E-state index contributed by atoms with van der Waals surface area (Å²) < 4.78 is 0. The third kappa shape index (κ3) is 4.33. The van der Waals surface area contributed by atoms with Crippen molar-refractivity contribution in [1.29, 1.82) is 0 Å². The Morgan fingerprint density at radius 2 is 1.68 bits per heavy atom. The monoisotopic (exact) mass is 302 g/mol. The minimum absolute atomic E-state index is 0.0275. The molecule has 2 rings (SSSR count). The highest BCUT2D eigenvalue weighted by molar-refractivity contribution is 5.98. The van der Waals surface area contributed by atoms with Crippen LogP contribution in [0.5, 0.6) is 0 Å². The zero-order chi connectivity index (χ0) is 16.2. The first-order valence-electron chi connectivity index (χ1n) is 7.98. The van der Waals surface area contributed by atoms with E-state index in [1.807, 2.05) is 51.1 Å². The third-order valence-electron chi connectivity index (χ3n) is 4.09. The fraction of sp³-hybridized carbons (Fsp3) is 0.556. The van der Waals surface area contributed by atoms with Crippen LogP contribution < -0.4 is 10.6 Å². The molecule has 0 radical (unpaired) electrons. The van der Waals surface area contributed by atoms with Crippen molar-refractivity contribution in [3.63, 3.8) is 0 Å². The standard InChI is InChI=1S/C18H26N2O2/c1-17(2,3)20-15(21)13-18(11-7-8-12-18)16(22)19-14-9-5-4-6-10-14/h4-6,9-10H,7-8,11-13H2,1-3H3,(H,19,22)(H,20,21). The second kappa shape index (κ2) is 6.51. The van der Waals surface area contributed by atoms with Gasteiger partial charge in [-0.15, -0.1) is 0 Å². The van der Waals surface area contributed by atoms with Crippen molar-refractivity contribution < 1.29 is 9.59 Å². The van der Waals surface area contributed by atoms with Gasteiger partial charge in [-0.25, -0.2) is 0 Å². The van der Waals surface area contributed by atoms with Crippen LogP contribution in [0, 0.1) is 5.41 Å². The predicted octanol–water partition coefficient (Wildman–Crippen LogP) is 3.49. The van der Waals surface area contributed by atoms with Gasteiger partial charge in [-0.2, -0.15) is 0 Å². The highest BCUT2D eigenvalue weighted by atomic mass is 16.2. The van der Waals surface area contributed by atoms with Crippen LogP contribution in [0.2, 0.25) is 0 Å². The molecule has 1 aromatic carbocycles. The lowest BCUT2D eigenvalue weighted by Gasteiger charge is -2.29. The van der Waals surface area contributed by atoms with E-state index in [0.29, 0.717) is 0 Å². The van der Waals surface area contributed by atoms with Crippen LogP contribution in [0.4, 0.5) is 5.69 Å². The molecule has 1 aromatic rings. The van der Waals surface area contributed by atoms with Crippen LogP contribution in [0.3, 0.4) is 0 Å². The quantitative estimate of drug-likeness (QED) is 0.894. The summed E-state index contributed by atoms with van der Waals surface area (Å²) in [5.74, 6) is -0.0714. The molecular formula is C18H26N2O2. The Morgan fingerprint density at radius 1 is 1.09 bits per heavy atom. The molecule has 1 fully saturated rings. The smallest absolute Gasteiger partial charge is 0.231 e. The van der Waals surface area contributed by atoms with Crippen LogP contribution in [-0.2, 0) is 9.59 Å². The lowest BCUT2D eigenvalue weighted by Crippen LogP contribution is -2.45. The Morgan fingerprint density at radius 3 is 2.23 bits per heavy atom. The summed E-state index contributed by atoms with van der Waals surface area (Å²) in [6.07, 6.45) is 3.84. The molecule has 120 valence electrons. The summed E-state index contributed by atoms with van der Waals surface area (Å²) in [5, 5.41) is 5.94. The molecular weight excluding hydrogens is 276 g/mol. The van der Waals surface area contributed by atoms with E-state index in [1.54, 1.807) is 0 Å². The highest BCUT2D eigenvalue weighted by Gasteiger charge is 2.43. The van der Waals surface area contributed by atoms with Crippen LogP contribution in [0.15, 0.2) is 30.3 Å². The van der Waals surface area contributed by atoms with Gasteiger partial charge in [0.05, 0.1) is 5.41 Å². The average Bonchev–Trinajstić information content (AvgIpc) is 2.87. The fourth-order valence-electron chi connectivity index (χ4n) is 3.09. The molecule has 0 unspecified atom stereocenters. The summed E-state index contributed by atoms with van der Waals surface area (Å²) in [7, 11) is 0. The van der Waals surface area contributed by atoms with E-state index >= 15 is 0 Å². The maximum atomic E-state index is 12.7. The number of carbonyl (C=O) groups is 2.